The monoisotopic (exact) mass is 250 g/mol. The van der Waals surface area contributed by atoms with Crippen LogP contribution in [0.15, 0.2) is 29.3 Å². The van der Waals surface area contributed by atoms with Gasteiger partial charge >= 0.3 is 0 Å². The summed E-state index contributed by atoms with van der Waals surface area (Å²) in [6.45, 7) is 2.38. The van der Waals surface area contributed by atoms with Gasteiger partial charge in [0.1, 0.15) is 12.4 Å². The minimum atomic E-state index is 0.223. The van der Waals surface area contributed by atoms with Crippen molar-refractivity contribution >= 4 is 17.4 Å². The highest BCUT2D eigenvalue weighted by Crippen LogP contribution is 2.29. The Hall–Kier alpha value is -1.28. The van der Waals surface area contributed by atoms with Gasteiger partial charge in [-0.2, -0.15) is 0 Å². The molecule has 0 radical (unpaired) electrons. The van der Waals surface area contributed by atoms with Gasteiger partial charge in [-0.1, -0.05) is 23.7 Å². The summed E-state index contributed by atoms with van der Waals surface area (Å²) in [6, 6.07) is 5.67. The molecule has 0 heterocycles. The Kier molecular flexibility index (Phi) is 3.85. The molecule has 1 aromatic carbocycles. The molecule has 0 amide bonds. The summed E-state index contributed by atoms with van der Waals surface area (Å²) >= 11 is 5.59. The number of hydrogen-bond donors (Lipinski definition) is 0. The number of Topliss-reactive ketones (excluding diaryl/α,β-unsaturated/α-hetero) is 1. The van der Waals surface area contributed by atoms with Crippen LogP contribution in [0.4, 0.5) is 0 Å². The van der Waals surface area contributed by atoms with Crippen molar-refractivity contribution in [2.45, 2.75) is 26.2 Å². The van der Waals surface area contributed by atoms with E-state index in [2.05, 4.69) is 0 Å². The van der Waals surface area contributed by atoms with Crippen LogP contribution in [0.25, 0.3) is 0 Å². The lowest BCUT2D eigenvalue weighted by atomic mass is 9.90. The normalized spacial score (nSPS) is 15.6. The third kappa shape index (κ3) is 2.70. The third-order valence-corrected chi connectivity index (χ3v) is 3.28. The van der Waals surface area contributed by atoms with E-state index in [1.807, 2.05) is 25.1 Å². The number of halogens is 1. The van der Waals surface area contributed by atoms with Crippen LogP contribution < -0.4 is 4.74 Å². The second kappa shape index (κ2) is 5.37. The fourth-order valence-electron chi connectivity index (χ4n) is 2.00. The van der Waals surface area contributed by atoms with Gasteiger partial charge in [0.25, 0.3) is 0 Å². The Bertz CT molecular complexity index is 463. The summed E-state index contributed by atoms with van der Waals surface area (Å²) in [5, 5.41) is 0. The van der Waals surface area contributed by atoms with Crippen LogP contribution in [0.3, 0.4) is 0 Å². The number of benzene rings is 1. The lowest BCUT2D eigenvalue weighted by molar-refractivity contribution is 0.0971. The van der Waals surface area contributed by atoms with E-state index in [0.29, 0.717) is 13.0 Å². The first-order chi connectivity index (χ1) is 8.22. The molecule has 0 N–H and O–H groups in total. The van der Waals surface area contributed by atoms with Gasteiger partial charge in [0.2, 0.25) is 0 Å². The molecule has 17 heavy (non-hydrogen) atoms. The first kappa shape index (κ1) is 12.2. The fraction of sp³-hybridized carbons (Fsp3) is 0.357. The summed E-state index contributed by atoms with van der Waals surface area (Å²) in [5.41, 5.74) is 4.35. The molecule has 0 unspecified atom stereocenters. The molecule has 3 heteroatoms. The molecule has 90 valence electrons. The molecule has 0 aliphatic heterocycles. The third-order valence-electron chi connectivity index (χ3n) is 2.91. The lowest BCUT2D eigenvalue weighted by Crippen LogP contribution is -2.12. The molecule has 0 fully saturated rings. The number of carbonyl (C=O) groups is 1. The lowest BCUT2D eigenvalue weighted by Gasteiger charge is -2.18. The Labute approximate surface area is 106 Å². The zero-order valence-corrected chi connectivity index (χ0v) is 10.6. The minimum absolute atomic E-state index is 0.223. The Balaban J connectivity index is 2.23. The van der Waals surface area contributed by atoms with Crippen molar-refractivity contribution < 1.29 is 9.53 Å². The van der Waals surface area contributed by atoms with Crippen molar-refractivity contribution in [2.75, 3.05) is 6.61 Å². The van der Waals surface area contributed by atoms with E-state index in [-0.39, 0.29) is 5.78 Å². The van der Waals surface area contributed by atoms with E-state index in [0.717, 1.165) is 35.3 Å². The molecule has 0 saturated heterocycles. The SMILES string of the molecule is C/C(=C/Cl)COc1cccc2c1CCCC2=O. The van der Waals surface area contributed by atoms with Crippen molar-refractivity contribution in [3.05, 3.63) is 40.4 Å². The number of fused-ring (bicyclic) bond motifs is 1. The molecule has 0 saturated carbocycles. The predicted molar refractivity (Wildman–Crippen MR) is 68.8 cm³/mol. The smallest absolute Gasteiger partial charge is 0.163 e. The Morgan fingerprint density at radius 1 is 1.47 bits per heavy atom. The number of carbonyl (C=O) groups excluding carboxylic acids is 1. The van der Waals surface area contributed by atoms with Crippen LogP contribution in [0.2, 0.25) is 0 Å². The highest BCUT2D eigenvalue weighted by Gasteiger charge is 2.20. The topological polar surface area (TPSA) is 26.3 Å². The van der Waals surface area contributed by atoms with Crippen molar-refractivity contribution in [1.29, 1.82) is 0 Å². The molecule has 1 aliphatic carbocycles. The predicted octanol–water partition coefficient (Wildman–Crippen LogP) is 3.73. The maximum absolute atomic E-state index is 11.7. The van der Waals surface area contributed by atoms with Gasteiger partial charge in [-0.25, -0.2) is 0 Å². The van der Waals surface area contributed by atoms with Gasteiger partial charge in [0.15, 0.2) is 5.78 Å². The zero-order chi connectivity index (χ0) is 12.3. The highest BCUT2D eigenvalue weighted by atomic mass is 35.5. The average Bonchev–Trinajstić information content (AvgIpc) is 2.36. The largest absolute Gasteiger partial charge is 0.489 e. The standard InChI is InChI=1S/C14H15ClO2/c1-10(8-15)9-17-14-7-3-4-11-12(14)5-2-6-13(11)16/h3-4,7-8H,2,5-6,9H2,1H3/b10-8-. The van der Waals surface area contributed by atoms with Gasteiger partial charge in [0.05, 0.1) is 0 Å². The van der Waals surface area contributed by atoms with E-state index in [1.54, 1.807) is 0 Å². The second-order valence-electron chi connectivity index (χ2n) is 4.30. The van der Waals surface area contributed by atoms with E-state index >= 15 is 0 Å². The molecule has 1 aliphatic rings. The van der Waals surface area contributed by atoms with Crippen LogP contribution in [-0.4, -0.2) is 12.4 Å². The average molecular weight is 251 g/mol. The van der Waals surface area contributed by atoms with Crippen LogP contribution >= 0.6 is 11.6 Å². The number of ketones is 1. The zero-order valence-electron chi connectivity index (χ0n) is 9.83. The fourth-order valence-corrected chi connectivity index (χ4v) is 2.07. The van der Waals surface area contributed by atoms with Gasteiger partial charge in [-0.05, 0) is 31.4 Å². The molecule has 0 spiro atoms. The van der Waals surface area contributed by atoms with E-state index in [9.17, 15) is 4.79 Å². The van der Waals surface area contributed by atoms with Gasteiger partial charge in [-0.15, -0.1) is 0 Å². The first-order valence-electron chi connectivity index (χ1n) is 5.76. The van der Waals surface area contributed by atoms with Crippen LogP contribution in [-0.2, 0) is 6.42 Å². The molecular weight excluding hydrogens is 236 g/mol. The van der Waals surface area contributed by atoms with Gasteiger partial charge in [-0.3, -0.25) is 4.79 Å². The minimum Gasteiger partial charge on any atom is -0.489 e. The summed E-state index contributed by atoms with van der Waals surface area (Å²) in [7, 11) is 0. The Morgan fingerprint density at radius 2 is 2.29 bits per heavy atom. The van der Waals surface area contributed by atoms with Gasteiger partial charge < -0.3 is 4.74 Å². The van der Waals surface area contributed by atoms with Crippen molar-refractivity contribution in [2.24, 2.45) is 0 Å². The Morgan fingerprint density at radius 3 is 3.06 bits per heavy atom. The number of ether oxygens (including phenoxy) is 1. The van der Waals surface area contributed by atoms with Crippen LogP contribution in [0.5, 0.6) is 5.75 Å². The molecule has 0 aromatic heterocycles. The summed E-state index contributed by atoms with van der Waals surface area (Å²) in [5.74, 6) is 1.04. The molecule has 2 nitrogen and oxygen atoms in total. The van der Waals surface area contributed by atoms with E-state index in [1.165, 1.54) is 5.54 Å². The first-order valence-corrected chi connectivity index (χ1v) is 6.19. The second-order valence-corrected chi connectivity index (χ2v) is 4.52. The summed E-state index contributed by atoms with van der Waals surface area (Å²) < 4.78 is 5.70. The van der Waals surface area contributed by atoms with Crippen LogP contribution in [0, 0.1) is 0 Å². The summed E-state index contributed by atoms with van der Waals surface area (Å²) in [6.07, 6.45) is 2.48. The quantitative estimate of drug-likeness (QED) is 0.817. The van der Waals surface area contributed by atoms with E-state index in [4.69, 9.17) is 16.3 Å². The number of rotatable bonds is 3. The van der Waals surface area contributed by atoms with Crippen LogP contribution in [0.1, 0.15) is 35.7 Å². The number of hydrogen-bond acceptors (Lipinski definition) is 2. The van der Waals surface area contributed by atoms with Crippen molar-refractivity contribution in [3.8, 4) is 5.75 Å². The maximum atomic E-state index is 11.7. The molecule has 1 aromatic rings. The van der Waals surface area contributed by atoms with Gasteiger partial charge in [0, 0.05) is 23.1 Å². The highest BCUT2D eigenvalue weighted by molar-refractivity contribution is 6.25. The maximum Gasteiger partial charge on any atom is 0.163 e. The molecular formula is C14H15ClO2. The van der Waals surface area contributed by atoms with Crippen molar-refractivity contribution in [3.63, 3.8) is 0 Å². The molecule has 0 bridgehead atoms. The summed E-state index contributed by atoms with van der Waals surface area (Å²) in [4.78, 5) is 11.7. The molecule has 0 atom stereocenters. The van der Waals surface area contributed by atoms with Crippen molar-refractivity contribution in [1.82, 2.24) is 0 Å². The molecule has 2 rings (SSSR count). The van der Waals surface area contributed by atoms with E-state index < -0.39 is 0 Å².